The summed E-state index contributed by atoms with van der Waals surface area (Å²) >= 11 is 0. The third-order valence-corrected chi connectivity index (χ3v) is 7.97. The molecular formula is C24H32N2O7S. The molecule has 34 heavy (non-hydrogen) atoms. The van der Waals surface area contributed by atoms with E-state index in [1.807, 2.05) is 24.3 Å². The largest absolute Gasteiger partial charge is 0.493 e. The van der Waals surface area contributed by atoms with Crippen molar-refractivity contribution in [1.29, 1.82) is 0 Å². The molecule has 0 N–H and O–H groups in total. The van der Waals surface area contributed by atoms with Gasteiger partial charge in [-0.25, -0.2) is 13.2 Å². The van der Waals surface area contributed by atoms with Crippen molar-refractivity contribution in [2.75, 3.05) is 39.9 Å². The molecule has 9 nitrogen and oxygen atoms in total. The Morgan fingerprint density at radius 3 is 2.21 bits per heavy atom. The number of amides is 1. The van der Waals surface area contributed by atoms with E-state index in [0.717, 1.165) is 0 Å². The molecule has 10 heteroatoms. The molecule has 0 radical (unpaired) electrons. The Bertz CT molecular complexity index is 1130. The van der Waals surface area contributed by atoms with Gasteiger partial charge >= 0.3 is 5.97 Å². The number of hydrogen-bond acceptors (Lipinski definition) is 7. The number of aryl methyl sites for hydroxylation is 2. The van der Waals surface area contributed by atoms with Crippen molar-refractivity contribution < 1.29 is 31.9 Å². The maximum absolute atomic E-state index is 13.3. The molecule has 1 saturated heterocycles. The molecule has 1 aromatic carbocycles. The third kappa shape index (κ3) is 5.44. The number of rotatable bonds is 8. The normalized spacial score (nSPS) is 14.9. The molecule has 186 valence electrons. The van der Waals surface area contributed by atoms with Gasteiger partial charge in [-0.2, -0.15) is 4.31 Å². The SMILES string of the molecule is COC(=O)c1c(C)oc(C)c1S(=O)(=O)N1CCN(C(=O)CCOc2ccc(C(C)C)cc2)CC1. The van der Waals surface area contributed by atoms with E-state index in [4.69, 9.17) is 13.9 Å². The van der Waals surface area contributed by atoms with Crippen LogP contribution >= 0.6 is 0 Å². The first kappa shape index (κ1) is 25.8. The van der Waals surface area contributed by atoms with Crippen molar-refractivity contribution in [2.45, 2.75) is 44.9 Å². The predicted molar refractivity (Wildman–Crippen MR) is 126 cm³/mol. The molecule has 0 aliphatic carbocycles. The average molecular weight is 493 g/mol. The lowest BCUT2D eigenvalue weighted by Gasteiger charge is -2.34. The fraction of sp³-hybridized carbons (Fsp3) is 0.500. The molecule has 0 atom stereocenters. The Kier molecular flexibility index (Phi) is 8.04. The van der Waals surface area contributed by atoms with Crippen LogP contribution in [-0.2, 0) is 19.6 Å². The standard InChI is InChI=1S/C24H32N2O7S/c1-16(2)19-6-8-20(9-7-19)32-15-10-21(27)25-11-13-26(14-12-25)34(29,30)23-18(4)33-17(3)22(23)24(28)31-5/h6-9,16H,10-15H2,1-5H3. The molecule has 0 spiro atoms. The summed E-state index contributed by atoms with van der Waals surface area (Å²) in [6.07, 6.45) is 0.200. The second-order valence-corrected chi connectivity index (χ2v) is 10.4. The molecule has 1 aliphatic heterocycles. The second-order valence-electron chi connectivity index (χ2n) is 8.52. The summed E-state index contributed by atoms with van der Waals surface area (Å²) in [6, 6.07) is 7.81. The number of hydrogen-bond donors (Lipinski definition) is 0. The molecular weight excluding hydrogens is 460 g/mol. The molecule has 2 heterocycles. The lowest BCUT2D eigenvalue weighted by molar-refractivity contribution is -0.132. The Morgan fingerprint density at radius 2 is 1.65 bits per heavy atom. The first-order valence-corrected chi connectivity index (χ1v) is 12.7. The highest BCUT2D eigenvalue weighted by atomic mass is 32.2. The van der Waals surface area contributed by atoms with E-state index in [2.05, 4.69) is 13.8 Å². The molecule has 1 aromatic heterocycles. The third-order valence-electron chi connectivity index (χ3n) is 5.92. The van der Waals surface area contributed by atoms with E-state index >= 15 is 0 Å². The van der Waals surface area contributed by atoms with Gasteiger partial charge in [0.15, 0.2) is 0 Å². The highest BCUT2D eigenvalue weighted by molar-refractivity contribution is 7.89. The lowest BCUT2D eigenvalue weighted by Crippen LogP contribution is -2.50. The van der Waals surface area contributed by atoms with E-state index in [9.17, 15) is 18.0 Å². The Morgan fingerprint density at radius 1 is 1.03 bits per heavy atom. The van der Waals surface area contributed by atoms with Gasteiger partial charge in [0.2, 0.25) is 15.9 Å². The van der Waals surface area contributed by atoms with Gasteiger partial charge in [0.05, 0.1) is 20.1 Å². The average Bonchev–Trinajstić information content (AvgIpc) is 3.13. The molecule has 0 unspecified atom stereocenters. The maximum atomic E-state index is 13.3. The highest BCUT2D eigenvalue weighted by Gasteiger charge is 2.37. The van der Waals surface area contributed by atoms with Crippen LogP contribution in [0.4, 0.5) is 0 Å². The van der Waals surface area contributed by atoms with Gasteiger partial charge in [-0.15, -0.1) is 0 Å². The van der Waals surface area contributed by atoms with Crippen molar-refractivity contribution in [3.05, 3.63) is 46.9 Å². The second kappa shape index (κ2) is 10.6. The van der Waals surface area contributed by atoms with Crippen LogP contribution in [-0.4, -0.2) is 69.4 Å². The number of benzene rings is 1. The zero-order valence-corrected chi connectivity index (χ0v) is 21.1. The molecule has 1 aliphatic rings. The molecule has 2 aromatic rings. The number of ether oxygens (including phenoxy) is 2. The van der Waals surface area contributed by atoms with Crippen LogP contribution in [0.15, 0.2) is 33.6 Å². The first-order chi connectivity index (χ1) is 16.1. The van der Waals surface area contributed by atoms with Crippen LogP contribution < -0.4 is 4.74 Å². The summed E-state index contributed by atoms with van der Waals surface area (Å²) in [5, 5.41) is 0. The van der Waals surface area contributed by atoms with Crippen LogP contribution in [0.25, 0.3) is 0 Å². The molecule has 1 fully saturated rings. The minimum Gasteiger partial charge on any atom is -0.493 e. The maximum Gasteiger partial charge on any atom is 0.342 e. The van der Waals surface area contributed by atoms with E-state index < -0.39 is 16.0 Å². The number of methoxy groups -OCH3 is 1. The van der Waals surface area contributed by atoms with Crippen molar-refractivity contribution in [3.63, 3.8) is 0 Å². The highest BCUT2D eigenvalue weighted by Crippen LogP contribution is 2.30. The van der Waals surface area contributed by atoms with Crippen molar-refractivity contribution in [3.8, 4) is 5.75 Å². The fourth-order valence-electron chi connectivity index (χ4n) is 3.98. The summed E-state index contributed by atoms with van der Waals surface area (Å²) in [6.45, 7) is 8.26. The lowest BCUT2D eigenvalue weighted by atomic mass is 10.0. The summed E-state index contributed by atoms with van der Waals surface area (Å²) < 4.78 is 43.7. The van der Waals surface area contributed by atoms with Gasteiger partial charge in [0.1, 0.15) is 27.7 Å². The van der Waals surface area contributed by atoms with Crippen LogP contribution in [0.1, 0.15) is 53.6 Å². The van der Waals surface area contributed by atoms with Gasteiger partial charge in [0.25, 0.3) is 0 Å². The van der Waals surface area contributed by atoms with Crippen molar-refractivity contribution >= 4 is 21.9 Å². The summed E-state index contributed by atoms with van der Waals surface area (Å²) in [4.78, 5) is 26.2. The van der Waals surface area contributed by atoms with Crippen LogP contribution in [0, 0.1) is 13.8 Å². The zero-order chi connectivity index (χ0) is 25.0. The van der Waals surface area contributed by atoms with Crippen LogP contribution in [0.2, 0.25) is 0 Å². The summed E-state index contributed by atoms with van der Waals surface area (Å²) in [5.41, 5.74) is 1.13. The van der Waals surface area contributed by atoms with Gasteiger partial charge in [0, 0.05) is 26.2 Å². The number of sulfonamides is 1. The number of esters is 1. The van der Waals surface area contributed by atoms with Gasteiger partial charge < -0.3 is 18.8 Å². The van der Waals surface area contributed by atoms with Crippen molar-refractivity contribution in [2.24, 2.45) is 0 Å². The molecule has 0 bridgehead atoms. The molecule has 3 rings (SSSR count). The number of carbonyl (C=O) groups excluding carboxylic acids is 2. The quantitative estimate of drug-likeness (QED) is 0.521. The van der Waals surface area contributed by atoms with E-state index in [0.29, 0.717) is 11.7 Å². The predicted octanol–water partition coefficient (Wildman–Crippen LogP) is 3.11. The topological polar surface area (TPSA) is 106 Å². The van der Waals surface area contributed by atoms with Gasteiger partial charge in [-0.3, -0.25) is 4.79 Å². The monoisotopic (exact) mass is 492 g/mol. The van der Waals surface area contributed by atoms with E-state index in [-0.39, 0.29) is 67.1 Å². The zero-order valence-electron chi connectivity index (χ0n) is 20.3. The summed E-state index contributed by atoms with van der Waals surface area (Å²) in [7, 11) is -2.80. The molecule has 0 saturated carbocycles. The van der Waals surface area contributed by atoms with Gasteiger partial charge in [-0.1, -0.05) is 26.0 Å². The number of piperazine rings is 1. The van der Waals surface area contributed by atoms with E-state index in [1.165, 1.54) is 30.8 Å². The smallest absolute Gasteiger partial charge is 0.342 e. The minimum absolute atomic E-state index is 0.0860. The number of carbonyl (C=O) groups is 2. The Labute approximate surface area is 200 Å². The fourth-order valence-corrected chi connectivity index (χ4v) is 5.77. The Hall–Kier alpha value is -2.85. The number of furan rings is 1. The number of nitrogens with zero attached hydrogens (tertiary/aromatic N) is 2. The van der Waals surface area contributed by atoms with Crippen LogP contribution in [0.5, 0.6) is 5.75 Å². The first-order valence-electron chi connectivity index (χ1n) is 11.2. The van der Waals surface area contributed by atoms with Crippen molar-refractivity contribution in [1.82, 2.24) is 9.21 Å². The van der Waals surface area contributed by atoms with Crippen LogP contribution in [0.3, 0.4) is 0 Å². The molecule has 1 amide bonds. The minimum atomic E-state index is -3.99. The summed E-state index contributed by atoms with van der Waals surface area (Å²) in [5.74, 6) is 0.611. The van der Waals surface area contributed by atoms with Gasteiger partial charge in [-0.05, 0) is 37.5 Å². The van der Waals surface area contributed by atoms with E-state index in [1.54, 1.807) is 4.90 Å². The Balaban J connectivity index is 1.56.